The lowest BCUT2D eigenvalue weighted by atomic mass is 10.9. The van der Waals surface area contributed by atoms with Gasteiger partial charge in [0, 0.05) is 0 Å². The van der Waals surface area contributed by atoms with Crippen molar-refractivity contribution in [1.82, 2.24) is 0 Å². The number of halogens is 2. The van der Waals surface area contributed by atoms with Crippen molar-refractivity contribution in [3.05, 3.63) is 18.4 Å². The predicted octanol–water partition coefficient (Wildman–Crippen LogP) is 1.35. The molecule has 5 heavy (non-hydrogen) atoms. The number of hydrogen-bond donors (Lipinski definition) is 0. The zero-order valence-corrected chi connectivity index (χ0v) is 2.33. The standard InChI is InChI=1S/C3HF2/c4-2-1-3-5/h2H/q-1. The van der Waals surface area contributed by atoms with Crippen molar-refractivity contribution in [3.8, 4) is 0 Å². The van der Waals surface area contributed by atoms with Crippen molar-refractivity contribution in [1.29, 1.82) is 0 Å². The van der Waals surface area contributed by atoms with Gasteiger partial charge in [0.1, 0.15) is 0 Å². The quantitative estimate of drug-likeness (QED) is 0.301. The van der Waals surface area contributed by atoms with Crippen molar-refractivity contribution in [3.63, 3.8) is 0 Å². The minimum Gasteiger partial charge on any atom is -0.329 e. The highest BCUT2D eigenvalue weighted by molar-refractivity contribution is 4.60. The highest BCUT2D eigenvalue weighted by atomic mass is 19.1. The molecule has 0 atom stereocenters. The second-order valence-electron chi connectivity index (χ2n) is 0.348. The molecule has 28 valence electrons. The van der Waals surface area contributed by atoms with Gasteiger partial charge in [0.05, 0.1) is 0 Å². The van der Waals surface area contributed by atoms with Crippen LogP contribution in [0.4, 0.5) is 8.78 Å². The molecule has 0 rings (SSSR count). The molecule has 0 radical (unpaired) electrons. The van der Waals surface area contributed by atoms with Gasteiger partial charge in [-0.1, -0.05) is 0 Å². The van der Waals surface area contributed by atoms with E-state index < -0.39 is 0 Å². The molecular weight excluding hydrogens is 74.0 g/mol. The van der Waals surface area contributed by atoms with Crippen LogP contribution in [0.25, 0.3) is 0 Å². The number of hydrogen-bond acceptors (Lipinski definition) is 0. The molecule has 0 aromatic rings. The summed E-state index contributed by atoms with van der Waals surface area (Å²) in [6.07, 6.45) is 0.781. The Kier molecular flexibility index (Phi) is 2.96. The Bertz CT molecular complexity index is 53.3. The van der Waals surface area contributed by atoms with E-state index in [4.69, 9.17) is 0 Å². The Morgan fingerprint density at radius 3 is 2.40 bits per heavy atom. The Morgan fingerprint density at radius 1 is 1.80 bits per heavy atom. The third-order valence-electron chi connectivity index (χ3n) is 0.109. The van der Waals surface area contributed by atoms with Crippen LogP contribution in [-0.4, -0.2) is 0 Å². The Labute approximate surface area is 28.4 Å². The Balaban J connectivity index is 3.26. The molecule has 0 aromatic carbocycles. The van der Waals surface area contributed by atoms with Crippen LogP contribution >= 0.6 is 0 Å². The first kappa shape index (κ1) is 4.38. The smallest absolute Gasteiger partial charge is 0.0263 e. The predicted molar refractivity (Wildman–Crippen MR) is 13.5 cm³/mol. The van der Waals surface area contributed by atoms with Gasteiger partial charge in [-0.3, -0.25) is 5.73 Å². The van der Waals surface area contributed by atoms with Gasteiger partial charge in [0.15, 0.2) is 0 Å². The SMILES string of the molecule is F[C-]=C=CF. The van der Waals surface area contributed by atoms with E-state index in [0.29, 0.717) is 0 Å². The van der Waals surface area contributed by atoms with Crippen LogP contribution in [0.1, 0.15) is 0 Å². The molecule has 2 heteroatoms. The van der Waals surface area contributed by atoms with Gasteiger partial charge >= 0.3 is 0 Å². The van der Waals surface area contributed by atoms with Gasteiger partial charge in [0.25, 0.3) is 0 Å². The second kappa shape index (κ2) is 3.38. The molecule has 0 aliphatic heterocycles. The molecular formula is C3HF2-. The Hall–Kier alpha value is -0.620. The van der Waals surface area contributed by atoms with E-state index in [0.717, 1.165) is 6.33 Å². The lowest BCUT2D eigenvalue weighted by molar-refractivity contribution is 0.675. The highest BCUT2D eigenvalue weighted by Gasteiger charge is 1.26. The van der Waals surface area contributed by atoms with Crippen LogP contribution in [-0.2, 0) is 0 Å². The fourth-order valence-electron chi connectivity index (χ4n) is 0.0206. The van der Waals surface area contributed by atoms with Gasteiger partial charge in [-0.15, -0.1) is 0 Å². The molecule has 0 saturated heterocycles. The van der Waals surface area contributed by atoms with Gasteiger partial charge < -0.3 is 8.78 Å². The largest absolute Gasteiger partial charge is 0.329 e. The maximum absolute atomic E-state index is 10.5. The van der Waals surface area contributed by atoms with E-state index in [-0.39, 0.29) is 6.33 Å². The third-order valence-corrected chi connectivity index (χ3v) is 0.109. The molecule has 0 aromatic heterocycles. The van der Waals surface area contributed by atoms with Crippen LogP contribution in [0.15, 0.2) is 12.1 Å². The summed E-state index contributed by atoms with van der Waals surface area (Å²) in [5, 5.41) is 0. The average molecular weight is 75.0 g/mol. The summed E-state index contributed by atoms with van der Waals surface area (Å²) in [4.78, 5) is 0. The average Bonchev–Trinajstić information content (AvgIpc) is 1.41. The van der Waals surface area contributed by atoms with Crippen LogP contribution in [0, 0.1) is 6.33 Å². The summed E-state index contributed by atoms with van der Waals surface area (Å²) in [6, 6.07) is 0. The molecule has 0 amide bonds. The van der Waals surface area contributed by atoms with Gasteiger partial charge in [-0.05, 0) is 12.7 Å². The summed E-state index contributed by atoms with van der Waals surface area (Å²) in [5.74, 6) is 0. The monoisotopic (exact) mass is 75.0 g/mol. The van der Waals surface area contributed by atoms with E-state index in [9.17, 15) is 8.78 Å². The fraction of sp³-hybridized carbons (Fsp3) is 0. The first-order valence-corrected chi connectivity index (χ1v) is 0.946. The summed E-state index contributed by atoms with van der Waals surface area (Å²) in [6.45, 7) is 0. The van der Waals surface area contributed by atoms with Crippen LogP contribution in [0.5, 0.6) is 0 Å². The summed E-state index contributed by atoms with van der Waals surface area (Å²) >= 11 is 0. The van der Waals surface area contributed by atoms with E-state index in [1.165, 1.54) is 5.73 Å². The van der Waals surface area contributed by atoms with Crippen molar-refractivity contribution >= 4 is 0 Å². The molecule has 0 spiro atoms. The molecule has 0 nitrogen and oxygen atoms in total. The van der Waals surface area contributed by atoms with Gasteiger partial charge in [0.2, 0.25) is 0 Å². The normalized spacial score (nSPS) is 5.20. The van der Waals surface area contributed by atoms with Crippen molar-refractivity contribution in [2.24, 2.45) is 0 Å². The summed E-state index contributed by atoms with van der Waals surface area (Å²) in [7, 11) is 0. The summed E-state index contributed by atoms with van der Waals surface area (Å²) < 4.78 is 20.8. The van der Waals surface area contributed by atoms with Crippen molar-refractivity contribution < 1.29 is 8.78 Å². The Morgan fingerprint density at radius 2 is 2.40 bits per heavy atom. The minimum absolute atomic E-state index is 0.0556. The van der Waals surface area contributed by atoms with Crippen LogP contribution in [0.2, 0.25) is 0 Å². The summed E-state index contributed by atoms with van der Waals surface area (Å²) in [5.41, 5.74) is 1.40. The molecule has 0 aliphatic carbocycles. The minimum atomic E-state index is -0.0556. The van der Waals surface area contributed by atoms with Gasteiger partial charge in [-0.2, -0.15) is 0 Å². The molecule has 0 bridgehead atoms. The van der Waals surface area contributed by atoms with Gasteiger partial charge in [-0.25, -0.2) is 0 Å². The first-order valence-electron chi connectivity index (χ1n) is 0.946. The third kappa shape index (κ3) is 3.38. The molecule has 0 heterocycles. The maximum Gasteiger partial charge on any atom is -0.0263 e. The lowest BCUT2D eigenvalue weighted by Gasteiger charge is -1.58. The van der Waals surface area contributed by atoms with E-state index in [1.807, 2.05) is 0 Å². The maximum atomic E-state index is 10.5. The highest BCUT2D eigenvalue weighted by Crippen LogP contribution is 1.63. The van der Waals surface area contributed by atoms with Crippen LogP contribution in [0.3, 0.4) is 0 Å². The van der Waals surface area contributed by atoms with Crippen molar-refractivity contribution in [2.75, 3.05) is 0 Å². The number of rotatable bonds is 0. The van der Waals surface area contributed by atoms with E-state index >= 15 is 0 Å². The lowest BCUT2D eigenvalue weighted by Crippen LogP contribution is -1.22. The first-order chi connectivity index (χ1) is 2.41. The van der Waals surface area contributed by atoms with E-state index in [2.05, 4.69) is 0 Å². The molecule has 0 unspecified atom stereocenters. The molecule has 0 fully saturated rings. The van der Waals surface area contributed by atoms with E-state index in [1.54, 1.807) is 0 Å². The van der Waals surface area contributed by atoms with Crippen molar-refractivity contribution in [2.45, 2.75) is 0 Å². The van der Waals surface area contributed by atoms with Crippen LogP contribution < -0.4 is 0 Å². The fourth-order valence-corrected chi connectivity index (χ4v) is 0.0206. The zero-order chi connectivity index (χ0) is 4.12. The molecule has 0 N–H and O–H groups in total. The molecule has 0 saturated carbocycles. The second-order valence-corrected chi connectivity index (χ2v) is 0.348. The molecule has 0 aliphatic rings. The zero-order valence-electron chi connectivity index (χ0n) is 2.33. The topological polar surface area (TPSA) is 0 Å².